The van der Waals surface area contributed by atoms with Gasteiger partial charge < -0.3 is 10.6 Å². The van der Waals surface area contributed by atoms with Gasteiger partial charge in [0.15, 0.2) is 0 Å². The number of likely N-dealkylation sites (tertiary alicyclic amines) is 1. The Morgan fingerprint density at radius 2 is 1.94 bits per heavy atom. The third-order valence-corrected chi connectivity index (χ3v) is 5.51. The molecule has 0 aromatic carbocycles. The predicted octanol–water partition coefficient (Wildman–Crippen LogP) is 3.26. The summed E-state index contributed by atoms with van der Waals surface area (Å²) in [5, 5.41) is 0. The summed E-state index contributed by atoms with van der Waals surface area (Å²) in [4.78, 5) is 2.76. The SMILES string of the molecule is CC1CCN(C2CCCC(C)(C)CC2)CC1CN. The molecule has 0 aromatic heterocycles. The van der Waals surface area contributed by atoms with Crippen LogP contribution in [0.4, 0.5) is 0 Å². The van der Waals surface area contributed by atoms with Crippen LogP contribution in [0.15, 0.2) is 0 Å². The Morgan fingerprint density at radius 3 is 2.67 bits per heavy atom. The molecule has 1 saturated carbocycles. The largest absolute Gasteiger partial charge is 0.330 e. The highest BCUT2D eigenvalue weighted by Crippen LogP contribution is 2.36. The number of piperidine rings is 1. The third kappa shape index (κ3) is 3.48. The van der Waals surface area contributed by atoms with Crippen molar-refractivity contribution in [1.82, 2.24) is 4.90 Å². The fourth-order valence-corrected chi connectivity index (χ4v) is 3.82. The second-order valence-electron chi connectivity index (χ2n) is 7.51. The van der Waals surface area contributed by atoms with Crippen molar-refractivity contribution in [2.75, 3.05) is 19.6 Å². The van der Waals surface area contributed by atoms with Gasteiger partial charge in [-0.15, -0.1) is 0 Å². The van der Waals surface area contributed by atoms with Gasteiger partial charge in [-0.3, -0.25) is 0 Å². The van der Waals surface area contributed by atoms with Gasteiger partial charge in [-0.05, 0) is 62.4 Å². The Bertz CT molecular complexity index is 262. The van der Waals surface area contributed by atoms with Gasteiger partial charge in [0.1, 0.15) is 0 Å². The first-order valence-corrected chi connectivity index (χ1v) is 7.96. The molecule has 2 nitrogen and oxygen atoms in total. The van der Waals surface area contributed by atoms with Gasteiger partial charge in [-0.2, -0.15) is 0 Å². The van der Waals surface area contributed by atoms with Gasteiger partial charge in [0.05, 0.1) is 0 Å². The van der Waals surface area contributed by atoms with E-state index in [9.17, 15) is 0 Å². The summed E-state index contributed by atoms with van der Waals surface area (Å²) in [5.74, 6) is 1.56. The monoisotopic (exact) mass is 252 g/mol. The molecule has 3 atom stereocenters. The average Bonchev–Trinajstić information content (AvgIpc) is 2.51. The zero-order chi connectivity index (χ0) is 13.2. The Morgan fingerprint density at radius 1 is 1.17 bits per heavy atom. The Balaban J connectivity index is 1.91. The number of hydrogen-bond acceptors (Lipinski definition) is 2. The fourth-order valence-electron chi connectivity index (χ4n) is 3.82. The molecule has 0 amide bonds. The van der Waals surface area contributed by atoms with Crippen molar-refractivity contribution < 1.29 is 0 Å². The van der Waals surface area contributed by atoms with E-state index in [4.69, 9.17) is 5.73 Å². The summed E-state index contributed by atoms with van der Waals surface area (Å²) in [6.45, 7) is 10.7. The quantitative estimate of drug-likeness (QED) is 0.764. The van der Waals surface area contributed by atoms with E-state index in [1.54, 1.807) is 0 Å². The Kier molecular flexibility index (Phi) is 4.71. The fraction of sp³-hybridized carbons (Fsp3) is 1.00. The molecule has 0 spiro atoms. The van der Waals surface area contributed by atoms with Crippen molar-refractivity contribution in [1.29, 1.82) is 0 Å². The molecule has 1 saturated heterocycles. The van der Waals surface area contributed by atoms with Crippen molar-refractivity contribution in [3.8, 4) is 0 Å². The maximum Gasteiger partial charge on any atom is 0.00955 e. The van der Waals surface area contributed by atoms with Crippen molar-refractivity contribution in [3.05, 3.63) is 0 Å². The molecule has 106 valence electrons. The van der Waals surface area contributed by atoms with E-state index in [0.29, 0.717) is 5.41 Å². The highest BCUT2D eigenvalue weighted by molar-refractivity contribution is 4.86. The van der Waals surface area contributed by atoms with Crippen LogP contribution in [-0.4, -0.2) is 30.6 Å². The molecular weight excluding hydrogens is 220 g/mol. The molecule has 3 unspecified atom stereocenters. The summed E-state index contributed by atoms with van der Waals surface area (Å²) in [7, 11) is 0. The molecule has 1 aliphatic heterocycles. The van der Waals surface area contributed by atoms with Crippen LogP contribution < -0.4 is 5.73 Å². The lowest BCUT2D eigenvalue weighted by Gasteiger charge is -2.41. The summed E-state index contributed by atoms with van der Waals surface area (Å²) in [6, 6.07) is 0.841. The van der Waals surface area contributed by atoms with E-state index in [1.807, 2.05) is 0 Å². The van der Waals surface area contributed by atoms with E-state index in [1.165, 1.54) is 51.6 Å². The number of nitrogens with two attached hydrogens (primary N) is 1. The van der Waals surface area contributed by atoms with E-state index in [0.717, 1.165) is 24.4 Å². The molecule has 2 rings (SSSR count). The van der Waals surface area contributed by atoms with Gasteiger partial charge in [-0.1, -0.05) is 27.2 Å². The van der Waals surface area contributed by atoms with Gasteiger partial charge in [0, 0.05) is 12.6 Å². The van der Waals surface area contributed by atoms with E-state index < -0.39 is 0 Å². The van der Waals surface area contributed by atoms with Crippen LogP contribution in [0.3, 0.4) is 0 Å². The standard InChI is InChI=1S/C16H32N2/c1-13-7-10-18(12-14(13)11-17)15-5-4-8-16(2,3)9-6-15/h13-15H,4-12,17H2,1-3H3. The minimum atomic E-state index is 0.575. The lowest BCUT2D eigenvalue weighted by molar-refractivity contribution is 0.0821. The van der Waals surface area contributed by atoms with Crippen molar-refractivity contribution in [2.24, 2.45) is 23.0 Å². The van der Waals surface area contributed by atoms with Crippen LogP contribution in [0.2, 0.25) is 0 Å². The van der Waals surface area contributed by atoms with E-state index in [-0.39, 0.29) is 0 Å². The molecule has 0 bridgehead atoms. The highest BCUT2D eigenvalue weighted by atomic mass is 15.2. The molecular formula is C16H32N2. The van der Waals surface area contributed by atoms with Crippen LogP contribution in [0.5, 0.6) is 0 Å². The van der Waals surface area contributed by atoms with E-state index >= 15 is 0 Å². The highest BCUT2D eigenvalue weighted by Gasteiger charge is 2.32. The lowest BCUT2D eigenvalue weighted by atomic mass is 9.84. The Hall–Kier alpha value is -0.0800. The average molecular weight is 252 g/mol. The summed E-state index contributed by atoms with van der Waals surface area (Å²) in [6.07, 6.45) is 8.39. The lowest BCUT2D eigenvalue weighted by Crippen LogP contribution is -2.47. The van der Waals surface area contributed by atoms with Crippen LogP contribution in [-0.2, 0) is 0 Å². The molecule has 2 aliphatic rings. The molecule has 2 heteroatoms. The number of rotatable bonds is 2. The normalized spacial score (nSPS) is 38.3. The van der Waals surface area contributed by atoms with Crippen LogP contribution in [0.1, 0.15) is 59.3 Å². The smallest absolute Gasteiger partial charge is 0.00955 e. The maximum atomic E-state index is 5.93. The molecule has 1 aliphatic carbocycles. The first-order valence-electron chi connectivity index (χ1n) is 7.96. The molecule has 2 N–H and O–H groups in total. The topological polar surface area (TPSA) is 29.3 Å². The van der Waals surface area contributed by atoms with Crippen molar-refractivity contribution >= 4 is 0 Å². The Labute approximate surface area is 113 Å². The molecule has 1 heterocycles. The van der Waals surface area contributed by atoms with Crippen LogP contribution in [0, 0.1) is 17.3 Å². The first kappa shape index (κ1) is 14.3. The minimum Gasteiger partial charge on any atom is -0.330 e. The zero-order valence-electron chi connectivity index (χ0n) is 12.6. The number of nitrogens with zero attached hydrogens (tertiary/aromatic N) is 1. The van der Waals surface area contributed by atoms with Crippen molar-refractivity contribution in [3.63, 3.8) is 0 Å². The van der Waals surface area contributed by atoms with Gasteiger partial charge in [0.25, 0.3) is 0 Å². The summed E-state index contributed by atoms with van der Waals surface area (Å²) in [5.41, 5.74) is 6.51. The molecule has 2 fully saturated rings. The summed E-state index contributed by atoms with van der Waals surface area (Å²) < 4.78 is 0. The van der Waals surface area contributed by atoms with Gasteiger partial charge in [-0.25, -0.2) is 0 Å². The minimum absolute atomic E-state index is 0.575. The number of hydrogen-bond donors (Lipinski definition) is 1. The van der Waals surface area contributed by atoms with Crippen LogP contribution >= 0.6 is 0 Å². The zero-order valence-corrected chi connectivity index (χ0v) is 12.6. The van der Waals surface area contributed by atoms with Gasteiger partial charge in [0.2, 0.25) is 0 Å². The van der Waals surface area contributed by atoms with Crippen molar-refractivity contribution in [2.45, 2.75) is 65.3 Å². The molecule has 0 aromatic rings. The maximum absolute atomic E-state index is 5.93. The third-order valence-electron chi connectivity index (χ3n) is 5.51. The summed E-state index contributed by atoms with van der Waals surface area (Å²) >= 11 is 0. The molecule has 0 radical (unpaired) electrons. The second-order valence-corrected chi connectivity index (χ2v) is 7.51. The molecule has 18 heavy (non-hydrogen) atoms. The predicted molar refractivity (Wildman–Crippen MR) is 78.6 cm³/mol. The second kappa shape index (κ2) is 5.92. The van der Waals surface area contributed by atoms with Crippen LogP contribution in [0.25, 0.3) is 0 Å². The first-order chi connectivity index (χ1) is 8.52. The van der Waals surface area contributed by atoms with E-state index in [2.05, 4.69) is 25.7 Å². The van der Waals surface area contributed by atoms with Gasteiger partial charge >= 0.3 is 0 Å².